The lowest BCUT2D eigenvalue weighted by Gasteiger charge is -2.49. The second-order valence-electron chi connectivity index (χ2n) is 14.4. The maximum absolute atomic E-state index is 12.0. The summed E-state index contributed by atoms with van der Waals surface area (Å²) in [6.45, 7) is 0.680. The number of hydrogen-bond acceptors (Lipinski definition) is 20. The van der Waals surface area contributed by atoms with Gasteiger partial charge in [-0.15, -0.1) is 0 Å². The minimum Gasteiger partial charge on any atom is -0.394 e. The minimum absolute atomic E-state index is 0.144. The lowest BCUT2D eigenvalue weighted by Crippen LogP contribution is -2.68. The van der Waals surface area contributed by atoms with E-state index >= 15 is 0 Å². The number of carbonyl (C=O) groups is 1. The van der Waals surface area contributed by atoms with Crippen LogP contribution in [0.25, 0.3) is 0 Å². The quantitative estimate of drug-likeness (QED) is 0.0543. The second kappa shape index (κ2) is 22.2. The monoisotopic (exact) mass is 803 g/mol. The number of ether oxygens (including phenoxy) is 8. The number of hydrogen-bond donors (Lipinski definition) is 12. The number of nitrogens with one attached hydrogen (secondary N) is 1. The van der Waals surface area contributed by atoms with Crippen LogP contribution in [0.5, 0.6) is 0 Å². The molecule has 55 heavy (non-hydrogen) atoms. The van der Waals surface area contributed by atoms with Crippen LogP contribution in [0.1, 0.15) is 58.8 Å². The van der Waals surface area contributed by atoms with Crippen molar-refractivity contribution in [2.24, 2.45) is 0 Å². The molecule has 4 heterocycles. The SMILES string of the molecule is CCCCCCCCO[C@@H]1O[C@H](CO[C@@H]2C[C@@H](O)[C@H](O)[C@@H](CO)O2)[C@@H](O)[C@H](O[C@H]2O[C@H](CO)[C@@H](O)[C@H](O)[C@@H]2O[C@@H]2O[C@H](CO)[C@@H](O)[C@H](O)[C@H]2NC(C)=O)[C@@H]1O. The number of aliphatic hydroxyl groups is 11. The van der Waals surface area contributed by atoms with E-state index in [1.807, 2.05) is 0 Å². The molecule has 0 bridgehead atoms. The van der Waals surface area contributed by atoms with Gasteiger partial charge in [-0.1, -0.05) is 39.0 Å². The maximum atomic E-state index is 12.0. The topological polar surface area (TPSA) is 325 Å². The van der Waals surface area contributed by atoms with Gasteiger partial charge >= 0.3 is 0 Å². The number of amides is 1. The molecule has 322 valence electrons. The van der Waals surface area contributed by atoms with Gasteiger partial charge in [0.25, 0.3) is 0 Å². The van der Waals surface area contributed by atoms with E-state index in [4.69, 9.17) is 37.9 Å². The highest BCUT2D eigenvalue weighted by molar-refractivity contribution is 5.73. The van der Waals surface area contributed by atoms with Gasteiger partial charge in [0.2, 0.25) is 5.91 Å². The molecule has 21 nitrogen and oxygen atoms in total. The van der Waals surface area contributed by atoms with Crippen LogP contribution in [-0.2, 0) is 42.7 Å². The van der Waals surface area contributed by atoms with Gasteiger partial charge in [0.05, 0.1) is 32.5 Å². The third-order valence-electron chi connectivity index (χ3n) is 10.2. The van der Waals surface area contributed by atoms with Gasteiger partial charge in [-0.2, -0.15) is 0 Å². The summed E-state index contributed by atoms with van der Waals surface area (Å²) in [4.78, 5) is 12.0. The van der Waals surface area contributed by atoms with Crippen molar-refractivity contribution in [3.05, 3.63) is 0 Å². The standard InChI is InChI=1S/C34H61NO20/c1-3-4-5-6-7-8-9-48-33-29(47)30(26(44)20(53-33)14-49-21-10-16(40)23(41)17(11-36)50-21)54-34-31(28(46)25(43)19(13-38)52-34)55-32-22(35-15(2)39)27(45)24(42)18(12-37)51-32/h16-34,36-38,40-47H,3-14H2,1-2H3,(H,35,39)/t16-,17-,18-,19-,20-,21+,22-,23+,24-,25-,26-,27-,28+,29+,30+,31+,32+,33-,34-/m1/s1. The van der Waals surface area contributed by atoms with Crippen molar-refractivity contribution in [2.45, 2.75) is 175 Å². The molecule has 4 rings (SSSR count). The summed E-state index contributed by atoms with van der Waals surface area (Å²) in [6.07, 6.45) is -22.8. The van der Waals surface area contributed by atoms with Gasteiger partial charge in [0, 0.05) is 20.0 Å². The van der Waals surface area contributed by atoms with Crippen LogP contribution >= 0.6 is 0 Å². The van der Waals surface area contributed by atoms with Crippen LogP contribution in [0, 0.1) is 0 Å². The van der Waals surface area contributed by atoms with Gasteiger partial charge in [0.1, 0.15) is 85.4 Å². The van der Waals surface area contributed by atoms with Crippen LogP contribution in [0.15, 0.2) is 0 Å². The Morgan fingerprint density at radius 3 is 1.80 bits per heavy atom. The molecule has 4 fully saturated rings. The fourth-order valence-corrected chi connectivity index (χ4v) is 7.00. The highest BCUT2D eigenvalue weighted by Crippen LogP contribution is 2.34. The molecule has 4 saturated heterocycles. The third-order valence-corrected chi connectivity index (χ3v) is 10.2. The van der Waals surface area contributed by atoms with Gasteiger partial charge in [-0.25, -0.2) is 0 Å². The predicted octanol–water partition coefficient (Wildman–Crippen LogP) is -5.19. The fraction of sp³-hybridized carbons (Fsp3) is 0.971. The molecule has 0 unspecified atom stereocenters. The van der Waals surface area contributed by atoms with E-state index in [1.54, 1.807) is 0 Å². The lowest BCUT2D eigenvalue weighted by atomic mass is 9.95. The van der Waals surface area contributed by atoms with Gasteiger partial charge < -0.3 is 99.4 Å². The van der Waals surface area contributed by atoms with Crippen molar-refractivity contribution in [1.29, 1.82) is 0 Å². The highest BCUT2D eigenvalue weighted by atomic mass is 16.8. The number of carbonyl (C=O) groups excluding carboxylic acids is 1. The Labute approximate surface area is 318 Å². The van der Waals surface area contributed by atoms with Crippen LogP contribution in [-0.4, -0.2) is 212 Å². The molecule has 0 aromatic rings. The van der Waals surface area contributed by atoms with Gasteiger partial charge in [-0.3, -0.25) is 4.79 Å². The molecule has 4 aliphatic rings. The second-order valence-corrected chi connectivity index (χ2v) is 14.4. The van der Waals surface area contributed by atoms with E-state index in [0.717, 1.165) is 39.0 Å². The minimum atomic E-state index is -1.92. The zero-order valence-electron chi connectivity index (χ0n) is 31.0. The molecule has 0 radical (unpaired) electrons. The molecule has 0 spiro atoms. The Bertz CT molecular complexity index is 1130. The zero-order valence-corrected chi connectivity index (χ0v) is 31.0. The Balaban J connectivity index is 1.56. The molecule has 1 amide bonds. The first-order chi connectivity index (χ1) is 26.3. The van der Waals surface area contributed by atoms with E-state index in [1.165, 1.54) is 0 Å². The average molecular weight is 804 g/mol. The molecule has 0 aliphatic carbocycles. The largest absolute Gasteiger partial charge is 0.394 e. The van der Waals surface area contributed by atoms with Crippen molar-refractivity contribution in [1.82, 2.24) is 5.32 Å². The normalized spacial score (nSPS) is 44.0. The third kappa shape index (κ3) is 11.9. The Kier molecular flexibility index (Phi) is 18.7. The summed E-state index contributed by atoms with van der Waals surface area (Å²) in [5.41, 5.74) is 0. The van der Waals surface area contributed by atoms with E-state index in [-0.39, 0.29) is 13.0 Å². The Hall–Kier alpha value is -1.29. The number of aliphatic hydroxyl groups excluding tert-OH is 11. The Morgan fingerprint density at radius 2 is 1.16 bits per heavy atom. The van der Waals surface area contributed by atoms with Gasteiger partial charge in [0.15, 0.2) is 25.2 Å². The van der Waals surface area contributed by atoms with E-state index in [0.29, 0.717) is 6.42 Å². The van der Waals surface area contributed by atoms with Crippen molar-refractivity contribution in [3.63, 3.8) is 0 Å². The van der Waals surface area contributed by atoms with Crippen LogP contribution in [0.3, 0.4) is 0 Å². The van der Waals surface area contributed by atoms with Crippen LogP contribution in [0.2, 0.25) is 0 Å². The molecular weight excluding hydrogens is 742 g/mol. The summed E-state index contributed by atoms with van der Waals surface area (Å²) in [7, 11) is 0. The van der Waals surface area contributed by atoms with Crippen molar-refractivity contribution in [3.8, 4) is 0 Å². The first kappa shape index (κ1) is 46.4. The first-order valence-electron chi connectivity index (χ1n) is 19.0. The van der Waals surface area contributed by atoms with E-state index < -0.39 is 149 Å². The Morgan fingerprint density at radius 1 is 0.600 bits per heavy atom. The molecule has 21 heteroatoms. The van der Waals surface area contributed by atoms with Crippen molar-refractivity contribution in [2.75, 3.05) is 33.0 Å². The van der Waals surface area contributed by atoms with Crippen LogP contribution in [0.4, 0.5) is 0 Å². The summed E-state index contributed by atoms with van der Waals surface area (Å²) in [6, 6.07) is -1.48. The fourth-order valence-electron chi connectivity index (χ4n) is 7.00. The number of rotatable bonds is 19. The molecular formula is C34H61NO20. The van der Waals surface area contributed by atoms with Crippen molar-refractivity contribution >= 4 is 5.91 Å². The van der Waals surface area contributed by atoms with Gasteiger partial charge in [-0.05, 0) is 6.42 Å². The summed E-state index contributed by atoms with van der Waals surface area (Å²) >= 11 is 0. The molecule has 0 aromatic heterocycles. The summed E-state index contributed by atoms with van der Waals surface area (Å²) < 4.78 is 46.5. The predicted molar refractivity (Wildman–Crippen MR) is 181 cm³/mol. The molecule has 19 atom stereocenters. The van der Waals surface area contributed by atoms with E-state index in [2.05, 4.69) is 12.2 Å². The summed E-state index contributed by atoms with van der Waals surface area (Å²) in [5, 5.41) is 118. The lowest BCUT2D eigenvalue weighted by molar-refractivity contribution is -0.384. The van der Waals surface area contributed by atoms with Crippen molar-refractivity contribution < 1.29 is 98.9 Å². The highest BCUT2D eigenvalue weighted by Gasteiger charge is 2.54. The number of unbranched alkanes of at least 4 members (excludes halogenated alkanes) is 5. The first-order valence-corrected chi connectivity index (χ1v) is 19.0. The molecule has 0 saturated carbocycles. The van der Waals surface area contributed by atoms with Crippen LogP contribution < -0.4 is 5.32 Å². The molecule has 12 N–H and O–H groups in total. The summed E-state index contributed by atoms with van der Waals surface area (Å²) in [5.74, 6) is -0.672. The van der Waals surface area contributed by atoms with E-state index in [9.17, 15) is 61.0 Å². The smallest absolute Gasteiger partial charge is 0.217 e. The average Bonchev–Trinajstić information content (AvgIpc) is 3.16. The zero-order chi connectivity index (χ0) is 40.4. The molecule has 4 aliphatic heterocycles. The maximum Gasteiger partial charge on any atom is 0.217 e. The molecule has 0 aromatic carbocycles.